The Bertz CT molecular complexity index is 450. The van der Waals surface area contributed by atoms with Gasteiger partial charge < -0.3 is 0 Å². The molecular weight excluding hydrogens is 292 g/mol. The SMILES string of the molecule is CC(=O)[C@@H]1CCC[C@@H]1CC(=O)c1ccc(Br)cc1. The summed E-state index contributed by atoms with van der Waals surface area (Å²) >= 11 is 3.36. The van der Waals surface area contributed by atoms with Crippen molar-refractivity contribution in [3.05, 3.63) is 34.3 Å². The molecule has 0 heterocycles. The normalized spacial score (nSPS) is 23.0. The summed E-state index contributed by atoms with van der Waals surface area (Å²) in [5.41, 5.74) is 0.743. The van der Waals surface area contributed by atoms with Gasteiger partial charge in [-0.2, -0.15) is 0 Å². The topological polar surface area (TPSA) is 34.1 Å². The average molecular weight is 309 g/mol. The highest BCUT2D eigenvalue weighted by molar-refractivity contribution is 9.10. The molecule has 0 aromatic heterocycles. The predicted molar refractivity (Wildman–Crippen MR) is 74.6 cm³/mol. The molecule has 96 valence electrons. The Labute approximate surface area is 116 Å². The van der Waals surface area contributed by atoms with E-state index in [4.69, 9.17) is 0 Å². The second kappa shape index (κ2) is 5.79. The quantitative estimate of drug-likeness (QED) is 0.787. The fourth-order valence-electron chi connectivity index (χ4n) is 2.81. The Morgan fingerprint density at radius 3 is 2.50 bits per heavy atom. The molecule has 0 bridgehead atoms. The van der Waals surface area contributed by atoms with Crippen LogP contribution in [0, 0.1) is 11.8 Å². The van der Waals surface area contributed by atoms with Crippen LogP contribution in [0.5, 0.6) is 0 Å². The smallest absolute Gasteiger partial charge is 0.163 e. The molecule has 1 aliphatic carbocycles. The van der Waals surface area contributed by atoms with E-state index in [1.165, 1.54) is 0 Å². The van der Waals surface area contributed by atoms with E-state index in [-0.39, 0.29) is 23.4 Å². The number of ketones is 2. The monoisotopic (exact) mass is 308 g/mol. The maximum absolute atomic E-state index is 12.2. The molecule has 1 fully saturated rings. The Morgan fingerprint density at radius 2 is 1.89 bits per heavy atom. The highest BCUT2D eigenvalue weighted by Gasteiger charge is 2.32. The van der Waals surface area contributed by atoms with Crippen LogP contribution in [0.4, 0.5) is 0 Å². The number of Topliss-reactive ketones (excluding diaryl/α,β-unsaturated/α-hetero) is 2. The first-order valence-corrected chi connectivity index (χ1v) is 7.16. The molecule has 2 nitrogen and oxygen atoms in total. The maximum Gasteiger partial charge on any atom is 0.163 e. The van der Waals surface area contributed by atoms with Gasteiger partial charge in [-0.1, -0.05) is 34.5 Å². The van der Waals surface area contributed by atoms with E-state index in [0.29, 0.717) is 6.42 Å². The van der Waals surface area contributed by atoms with Gasteiger partial charge in [0.25, 0.3) is 0 Å². The van der Waals surface area contributed by atoms with Crippen LogP contribution in [-0.4, -0.2) is 11.6 Å². The van der Waals surface area contributed by atoms with Gasteiger partial charge in [0.2, 0.25) is 0 Å². The lowest BCUT2D eigenvalue weighted by atomic mass is 9.87. The Hall–Kier alpha value is -0.960. The molecule has 18 heavy (non-hydrogen) atoms. The van der Waals surface area contributed by atoms with E-state index in [2.05, 4.69) is 15.9 Å². The molecule has 1 aromatic carbocycles. The van der Waals surface area contributed by atoms with E-state index in [1.54, 1.807) is 6.92 Å². The first-order valence-electron chi connectivity index (χ1n) is 6.37. The summed E-state index contributed by atoms with van der Waals surface area (Å²) in [7, 11) is 0. The van der Waals surface area contributed by atoms with Gasteiger partial charge in [-0.05, 0) is 37.8 Å². The van der Waals surface area contributed by atoms with E-state index >= 15 is 0 Å². The van der Waals surface area contributed by atoms with Crippen molar-refractivity contribution >= 4 is 27.5 Å². The number of hydrogen-bond donors (Lipinski definition) is 0. The highest BCUT2D eigenvalue weighted by atomic mass is 79.9. The average Bonchev–Trinajstić information content (AvgIpc) is 2.78. The molecular formula is C15H17BrO2. The fraction of sp³-hybridized carbons (Fsp3) is 0.467. The first kappa shape index (κ1) is 13.5. The summed E-state index contributed by atoms with van der Waals surface area (Å²) in [6, 6.07) is 7.43. The number of carbonyl (C=O) groups excluding carboxylic acids is 2. The number of carbonyl (C=O) groups is 2. The largest absolute Gasteiger partial charge is 0.300 e. The summed E-state index contributed by atoms with van der Waals surface area (Å²) in [5.74, 6) is 0.741. The summed E-state index contributed by atoms with van der Waals surface area (Å²) < 4.78 is 0.974. The molecule has 3 heteroatoms. The second-order valence-corrected chi connectivity index (χ2v) is 5.96. The van der Waals surface area contributed by atoms with Crippen molar-refractivity contribution in [2.75, 3.05) is 0 Å². The third-order valence-corrected chi connectivity index (χ3v) is 4.32. The van der Waals surface area contributed by atoms with Crippen LogP contribution in [-0.2, 0) is 4.79 Å². The highest BCUT2D eigenvalue weighted by Crippen LogP contribution is 2.35. The Morgan fingerprint density at radius 1 is 1.22 bits per heavy atom. The van der Waals surface area contributed by atoms with Crippen molar-refractivity contribution in [3.63, 3.8) is 0 Å². The Kier molecular flexibility index (Phi) is 4.33. The molecule has 1 saturated carbocycles. The lowest BCUT2D eigenvalue weighted by Gasteiger charge is -2.15. The van der Waals surface area contributed by atoms with Gasteiger partial charge in [-0.15, -0.1) is 0 Å². The maximum atomic E-state index is 12.2. The fourth-order valence-corrected chi connectivity index (χ4v) is 3.07. The van der Waals surface area contributed by atoms with Gasteiger partial charge in [-0.25, -0.2) is 0 Å². The van der Waals surface area contributed by atoms with Gasteiger partial charge in [-0.3, -0.25) is 9.59 Å². The minimum absolute atomic E-state index is 0.101. The van der Waals surface area contributed by atoms with E-state index in [0.717, 1.165) is 29.3 Å². The number of halogens is 1. The zero-order chi connectivity index (χ0) is 13.1. The summed E-state index contributed by atoms with van der Waals surface area (Å²) in [6.45, 7) is 1.65. The lowest BCUT2D eigenvalue weighted by Crippen LogP contribution is -2.19. The van der Waals surface area contributed by atoms with Crippen LogP contribution in [0.15, 0.2) is 28.7 Å². The van der Waals surface area contributed by atoms with Crippen molar-refractivity contribution < 1.29 is 9.59 Å². The van der Waals surface area contributed by atoms with E-state index < -0.39 is 0 Å². The van der Waals surface area contributed by atoms with Crippen molar-refractivity contribution in [1.82, 2.24) is 0 Å². The Balaban J connectivity index is 2.03. The first-order chi connectivity index (χ1) is 8.58. The molecule has 2 rings (SSSR count). The molecule has 0 radical (unpaired) electrons. The minimum Gasteiger partial charge on any atom is -0.300 e. The van der Waals surface area contributed by atoms with Crippen molar-refractivity contribution in [2.24, 2.45) is 11.8 Å². The van der Waals surface area contributed by atoms with Crippen molar-refractivity contribution in [1.29, 1.82) is 0 Å². The van der Waals surface area contributed by atoms with Gasteiger partial charge >= 0.3 is 0 Å². The summed E-state index contributed by atoms with van der Waals surface area (Å²) in [5, 5.41) is 0. The van der Waals surface area contributed by atoms with Crippen LogP contribution >= 0.6 is 15.9 Å². The van der Waals surface area contributed by atoms with Crippen molar-refractivity contribution in [3.8, 4) is 0 Å². The lowest BCUT2D eigenvalue weighted by molar-refractivity contribution is -0.121. The molecule has 0 saturated heterocycles. The molecule has 0 N–H and O–H groups in total. The van der Waals surface area contributed by atoms with Crippen LogP contribution in [0.25, 0.3) is 0 Å². The third kappa shape index (κ3) is 3.08. The number of hydrogen-bond acceptors (Lipinski definition) is 2. The standard InChI is InChI=1S/C15H17BrO2/c1-10(17)14-4-2-3-12(14)9-15(18)11-5-7-13(16)8-6-11/h5-8,12,14H,2-4,9H2,1H3/t12-,14+/m1/s1. The molecule has 0 spiro atoms. The zero-order valence-electron chi connectivity index (χ0n) is 10.5. The number of benzene rings is 1. The van der Waals surface area contributed by atoms with Gasteiger partial charge in [0.1, 0.15) is 5.78 Å². The molecule has 1 aliphatic rings. The summed E-state index contributed by atoms with van der Waals surface area (Å²) in [6.07, 6.45) is 3.54. The molecule has 2 atom stereocenters. The van der Waals surface area contributed by atoms with Gasteiger partial charge in [0.15, 0.2) is 5.78 Å². The van der Waals surface area contributed by atoms with Crippen LogP contribution < -0.4 is 0 Å². The van der Waals surface area contributed by atoms with Crippen molar-refractivity contribution in [2.45, 2.75) is 32.6 Å². The van der Waals surface area contributed by atoms with E-state index in [1.807, 2.05) is 24.3 Å². The zero-order valence-corrected chi connectivity index (χ0v) is 12.1. The van der Waals surface area contributed by atoms with Crippen LogP contribution in [0.2, 0.25) is 0 Å². The molecule has 0 aliphatic heterocycles. The van der Waals surface area contributed by atoms with Gasteiger partial charge in [0.05, 0.1) is 0 Å². The molecule has 0 unspecified atom stereocenters. The molecule has 0 amide bonds. The second-order valence-electron chi connectivity index (χ2n) is 5.04. The predicted octanol–water partition coefficient (Wildman–Crippen LogP) is 4.03. The molecule has 1 aromatic rings. The van der Waals surface area contributed by atoms with Crippen LogP contribution in [0.1, 0.15) is 43.0 Å². The van der Waals surface area contributed by atoms with Gasteiger partial charge in [0, 0.05) is 22.4 Å². The van der Waals surface area contributed by atoms with E-state index in [9.17, 15) is 9.59 Å². The van der Waals surface area contributed by atoms with Crippen LogP contribution in [0.3, 0.4) is 0 Å². The third-order valence-electron chi connectivity index (χ3n) is 3.80. The number of rotatable bonds is 4. The summed E-state index contributed by atoms with van der Waals surface area (Å²) in [4.78, 5) is 23.7. The minimum atomic E-state index is 0.101.